The maximum Gasteiger partial charge on any atom is 0.130 e. The number of ether oxygens (including phenoxy) is 1. The van der Waals surface area contributed by atoms with Crippen molar-refractivity contribution in [1.82, 2.24) is 0 Å². The largest absolute Gasteiger partial charge is 0.373 e. The molecule has 0 aromatic heterocycles. The first-order chi connectivity index (χ1) is 9.56. The first-order valence-electron chi connectivity index (χ1n) is 7.60. The lowest BCUT2D eigenvalue weighted by Gasteiger charge is -2.29. The molecule has 0 spiro atoms. The molecule has 1 aliphatic carbocycles. The monoisotopic (exact) mass is 298 g/mol. The Balaban J connectivity index is 1.79. The quantitative estimate of drug-likeness (QED) is 0.687. The van der Waals surface area contributed by atoms with Crippen LogP contribution in [0.3, 0.4) is 0 Å². The molecule has 1 fully saturated rings. The van der Waals surface area contributed by atoms with E-state index in [1.165, 1.54) is 25.3 Å². The zero-order valence-electron chi connectivity index (χ0n) is 12.4. The molecule has 20 heavy (non-hydrogen) atoms. The average Bonchev–Trinajstić information content (AvgIpc) is 2.39. The fourth-order valence-electron chi connectivity index (χ4n) is 3.07. The Morgan fingerprint density at radius 3 is 2.55 bits per heavy atom. The van der Waals surface area contributed by atoms with Gasteiger partial charge in [-0.1, -0.05) is 31.5 Å². The van der Waals surface area contributed by atoms with E-state index in [-0.39, 0.29) is 18.5 Å². The summed E-state index contributed by atoms with van der Waals surface area (Å²) in [6, 6.07) is 4.77. The number of hydrogen-bond acceptors (Lipinski definition) is 1. The van der Waals surface area contributed by atoms with Gasteiger partial charge in [0.1, 0.15) is 5.82 Å². The first-order valence-corrected chi connectivity index (χ1v) is 7.98. The van der Waals surface area contributed by atoms with Crippen molar-refractivity contribution in [2.45, 2.75) is 58.7 Å². The number of halogens is 2. The standard InChI is InChI=1S/C17H24ClFO/c1-12(2)10-13-6-8-14(9-7-13)20-11-15-16(18)4-3-5-17(15)19/h3-5,12-14H,6-11H2,1-2H3. The maximum atomic E-state index is 13.6. The molecule has 0 heterocycles. The summed E-state index contributed by atoms with van der Waals surface area (Å²) in [6.07, 6.45) is 6.20. The van der Waals surface area contributed by atoms with Gasteiger partial charge in [-0.15, -0.1) is 0 Å². The van der Waals surface area contributed by atoms with E-state index in [2.05, 4.69) is 13.8 Å². The SMILES string of the molecule is CC(C)CC1CCC(OCc2c(F)cccc2Cl)CC1. The molecule has 1 aromatic rings. The van der Waals surface area contributed by atoms with Gasteiger partial charge in [0.2, 0.25) is 0 Å². The molecule has 0 saturated heterocycles. The van der Waals surface area contributed by atoms with Gasteiger partial charge >= 0.3 is 0 Å². The highest BCUT2D eigenvalue weighted by Gasteiger charge is 2.22. The predicted octanol–water partition coefficient (Wildman–Crippen LogP) is 5.60. The highest BCUT2D eigenvalue weighted by Crippen LogP contribution is 2.31. The van der Waals surface area contributed by atoms with Gasteiger partial charge in [0.25, 0.3) is 0 Å². The van der Waals surface area contributed by atoms with E-state index in [9.17, 15) is 4.39 Å². The van der Waals surface area contributed by atoms with Crippen molar-refractivity contribution in [3.63, 3.8) is 0 Å². The van der Waals surface area contributed by atoms with E-state index in [4.69, 9.17) is 16.3 Å². The van der Waals surface area contributed by atoms with Crippen LogP contribution in [0, 0.1) is 17.7 Å². The number of benzene rings is 1. The van der Waals surface area contributed by atoms with E-state index >= 15 is 0 Å². The van der Waals surface area contributed by atoms with Gasteiger partial charge in [-0.05, 0) is 56.1 Å². The van der Waals surface area contributed by atoms with Gasteiger partial charge in [-0.2, -0.15) is 0 Å². The topological polar surface area (TPSA) is 9.23 Å². The van der Waals surface area contributed by atoms with Crippen molar-refractivity contribution < 1.29 is 9.13 Å². The van der Waals surface area contributed by atoms with Crippen LogP contribution in [-0.2, 0) is 11.3 Å². The molecular formula is C17H24ClFO. The molecule has 0 radical (unpaired) electrons. The second-order valence-corrected chi connectivity index (χ2v) is 6.69. The first kappa shape index (κ1) is 15.8. The molecule has 0 bridgehead atoms. The van der Waals surface area contributed by atoms with Crippen LogP contribution in [0.2, 0.25) is 5.02 Å². The molecule has 2 rings (SSSR count). The summed E-state index contributed by atoms with van der Waals surface area (Å²) >= 11 is 6.01. The summed E-state index contributed by atoms with van der Waals surface area (Å²) < 4.78 is 19.5. The highest BCUT2D eigenvalue weighted by atomic mass is 35.5. The summed E-state index contributed by atoms with van der Waals surface area (Å²) in [5.41, 5.74) is 0.485. The van der Waals surface area contributed by atoms with Crippen LogP contribution in [0.5, 0.6) is 0 Å². The van der Waals surface area contributed by atoms with Gasteiger partial charge in [-0.25, -0.2) is 4.39 Å². The van der Waals surface area contributed by atoms with Gasteiger partial charge in [0, 0.05) is 10.6 Å². The maximum absolute atomic E-state index is 13.6. The van der Waals surface area contributed by atoms with Crippen molar-refractivity contribution in [1.29, 1.82) is 0 Å². The third-order valence-electron chi connectivity index (χ3n) is 4.12. The zero-order chi connectivity index (χ0) is 14.5. The van der Waals surface area contributed by atoms with Crippen LogP contribution in [0.4, 0.5) is 4.39 Å². The molecule has 1 aromatic carbocycles. The summed E-state index contributed by atoms with van der Waals surface area (Å²) in [6.45, 7) is 4.84. The molecule has 1 saturated carbocycles. The van der Waals surface area contributed by atoms with Crippen LogP contribution in [-0.4, -0.2) is 6.10 Å². The predicted molar refractivity (Wildman–Crippen MR) is 81.4 cm³/mol. The summed E-state index contributed by atoms with van der Waals surface area (Å²) in [5.74, 6) is 1.34. The smallest absolute Gasteiger partial charge is 0.130 e. The van der Waals surface area contributed by atoms with Crippen molar-refractivity contribution in [3.05, 3.63) is 34.6 Å². The van der Waals surface area contributed by atoms with Crippen molar-refractivity contribution in [2.75, 3.05) is 0 Å². The van der Waals surface area contributed by atoms with Gasteiger partial charge in [0.15, 0.2) is 0 Å². The Labute approximate surface area is 126 Å². The third-order valence-corrected chi connectivity index (χ3v) is 4.48. The Kier molecular flexibility index (Phi) is 5.86. The van der Waals surface area contributed by atoms with Crippen molar-refractivity contribution in [2.24, 2.45) is 11.8 Å². The molecule has 0 amide bonds. The Morgan fingerprint density at radius 1 is 1.25 bits per heavy atom. The summed E-state index contributed by atoms with van der Waals surface area (Å²) in [4.78, 5) is 0. The lowest BCUT2D eigenvalue weighted by atomic mass is 9.82. The fraction of sp³-hybridized carbons (Fsp3) is 0.647. The van der Waals surface area contributed by atoms with Gasteiger partial charge in [0.05, 0.1) is 12.7 Å². The molecule has 0 unspecified atom stereocenters. The van der Waals surface area contributed by atoms with E-state index in [0.29, 0.717) is 10.6 Å². The minimum Gasteiger partial charge on any atom is -0.373 e. The van der Waals surface area contributed by atoms with Crippen LogP contribution >= 0.6 is 11.6 Å². The minimum atomic E-state index is -0.272. The highest BCUT2D eigenvalue weighted by molar-refractivity contribution is 6.31. The summed E-state index contributed by atoms with van der Waals surface area (Å²) in [5, 5.41) is 0.457. The molecule has 0 N–H and O–H groups in total. The average molecular weight is 299 g/mol. The third kappa shape index (κ3) is 4.46. The number of rotatable bonds is 5. The number of hydrogen-bond donors (Lipinski definition) is 0. The fourth-order valence-corrected chi connectivity index (χ4v) is 3.29. The summed E-state index contributed by atoms with van der Waals surface area (Å²) in [7, 11) is 0. The molecule has 0 aliphatic heterocycles. The molecule has 0 atom stereocenters. The Morgan fingerprint density at radius 2 is 1.95 bits per heavy atom. The minimum absolute atomic E-state index is 0.258. The lowest BCUT2D eigenvalue weighted by molar-refractivity contribution is 0.00416. The van der Waals surface area contributed by atoms with E-state index in [1.54, 1.807) is 12.1 Å². The Bertz CT molecular complexity index is 405. The molecule has 1 aliphatic rings. The zero-order valence-corrected chi connectivity index (χ0v) is 13.1. The Hall–Kier alpha value is -0.600. The second-order valence-electron chi connectivity index (χ2n) is 6.28. The van der Waals surface area contributed by atoms with E-state index < -0.39 is 0 Å². The van der Waals surface area contributed by atoms with Crippen LogP contribution < -0.4 is 0 Å². The molecule has 3 heteroatoms. The van der Waals surface area contributed by atoms with E-state index in [0.717, 1.165) is 24.7 Å². The van der Waals surface area contributed by atoms with Crippen LogP contribution in [0.1, 0.15) is 51.5 Å². The van der Waals surface area contributed by atoms with Gasteiger partial charge < -0.3 is 4.74 Å². The normalized spacial score (nSPS) is 23.2. The lowest BCUT2D eigenvalue weighted by Crippen LogP contribution is -2.22. The molecule has 112 valence electrons. The van der Waals surface area contributed by atoms with Crippen molar-refractivity contribution in [3.8, 4) is 0 Å². The second kappa shape index (κ2) is 7.42. The van der Waals surface area contributed by atoms with Gasteiger partial charge in [-0.3, -0.25) is 0 Å². The van der Waals surface area contributed by atoms with Crippen LogP contribution in [0.25, 0.3) is 0 Å². The molecular weight excluding hydrogens is 275 g/mol. The van der Waals surface area contributed by atoms with E-state index in [1.807, 2.05) is 0 Å². The van der Waals surface area contributed by atoms with Crippen LogP contribution in [0.15, 0.2) is 18.2 Å². The molecule has 1 nitrogen and oxygen atoms in total. The van der Waals surface area contributed by atoms with Crippen molar-refractivity contribution >= 4 is 11.6 Å².